The third-order valence-electron chi connectivity index (χ3n) is 7.06. The zero-order valence-corrected chi connectivity index (χ0v) is 22.8. The molecule has 3 amide bonds. The fraction of sp³-hybridized carbons (Fsp3) is 0.379. The molecular formula is C29H33N5O6. The molecule has 0 radical (unpaired) electrons. The maximum Gasteiger partial charge on any atom is 0.258 e. The maximum atomic E-state index is 13.3. The number of methoxy groups -OCH3 is 1. The monoisotopic (exact) mass is 547 g/mol. The largest absolute Gasteiger partial charge is 0.493 e. The highest BCUT2D eigenvalue weighted by Gasteiger charge is 2.38. The number of nitrogens with one attached hydrogen (secondary N) is 2. The summed E-state index contributed by atoms with van der Waals surface area (Å²) >= 11 is 0. The molecule has 3 aliphatic heterocycles. The molecule has 1 fully saturated rings. The number of fused-ring (bicyclic) bond motifs is 7. The Kier molecular flexibility index (Phi) is 7.90. The van der Waals surface area contributed by atoms with Crippen molar-refractivity contribution in [2.24, 2.45) is 0 Å². The van der Waals surface area contributed by atoms with E-state index in [1.54, 1.807) is 17.0 Å². The second-order valence-corrected chi connectivity index (χ2v) is 10.0. The number of hydrogen-bond donors (Lipinski definition) is 2. The van der Waals surface area contributed by atoms with Crippen LogP contribution < -0.4 is 24.8 Å². The van der Waals surface area contributed by atoms with E-state index >= 15 is 0 Å². The van der Waals surface area contributed by atoms with Crippen molar-refractivity contribution in [3.8, 4) is 17.2 Å². The van der Waals surface area contributed by atoms with Gasteiger partial charge in [-0.2, -0.15) is 5.10 Å². The molecule has 3 aliphatic rings. The van der Waals surface area contributed by atoms with Crippen LogP contribution in [-0.2, 0) is 22.7 Å². The molecule has 0 spiro atoms. The van der Waals surface area contributed by atoms with E-state index in [1.165, 1.54) is 13.2 Å². The summed E-state index contributed by atoms with van der Waals surface area (Å²) in [6, 6.07) is 13.7. The van der Waals surface area contributed by atoms with E-state index in [-0.39, 0.29) is 36.5 Å². The van der Waals surface area contributed by atoms with Crippen LogP contribution in [-0.4, -0.2) is 71.4 Å². The minimum Gasteiger partial charge on any atom is -0.493 e. The van der Waals surface area contributed by atoms with Crippen LogP contribution in [0.1, 0.15) is 33.7 Å². The molecule has 6 rings (SSSR count). The summed E-state index contributed by atoms with van der Waals surface area (Å²) in [6.45, 7) is 5.09. The smallest absolute Gasteiger partial charge is 0.258 e. The summed E-state index contributed by atoms with van der Waals surface area (Å²) in [5.41, 5.74) is 3.14. The fourth-order valence-corrected chi connectivity index (χ4v) is 4.93. The summed E-state index contributed by atoms with van der Waals surface area (Å²) in [5.74, 6) is 0.588. The van der Waals surface area contributed by atoms with Crippen LogP contribution in [0.5, 0.6) is 17.2 Å². The van der Waals surface area contributed by atoms with Crippen LogP contribution in [0.3, 0.4) is 0 Å². The normalized spacial score (nSPS) is 19.1. The summed E-state index contributed by atoms with van der Waals surface area (Å²) in [7, 11) is 1.49. The average molecular weight is 548 g/mol. The van der Waals surface area contributed by atoms with Gasteiger partial charge >= 0.3 is 0 Å². The fourth-order valence-electron chi connectivity index (χ4n) is 4.93. The molecule has 1 aromatic heterocycles. The number of aryl methyl sites for hydroxylation is 3. The number of benzene rings is 2. The highest BCUT2D eigenvalue weighted by Crippen LogP contribution is 2.29. The zero-order valence-electron chi connectivity index (χ0n) is 22.8. The molecular weight excluding hydrogens is 514 g/mol. The Morgan fingerprint density at radius 3 is 2.62 bits per heavy atom. The lowest BCUT2D eigenvalue weighted by atomic mass is 10.1. The molecule has 40 heavy (non-hydrogen) atoms. The van der Waals surface area contributed by atoms with Crippen molar-refractivity contribution in [3.63, 3.8) is 0 Å². The highest BCUT2D eigenvalue weighted by atomic mass is 16.5. The summed E-state index contributed by atoms with van der Waals surface area (Å²) < 4.78 is 19.2. The van der Waals surface area contributed by atoms with Gasteiger partial charge in [0.05, 0.1) is 25.4 Å². The molecule has 2 aromatic carbocycles. The predicted octanol–water partition coefficient (Wildman–Crippen LogP) is 2.00. The molecule has 2 N–H and O–H groups in total. The van der Waals surface area contributed by atoms with Crippen molar-refractivity contribution in [2.75, 3.05) is 26.8 Å². The Hall–Kier alpha value is -4.54. The van der Waals surface area contributed by atoms with Crippen molar-refractivity contribution < 1.29 is 28.6 Å². The lowest BCUT2D eigenvalue weighted by Crippen LogP contribution is -2.45. The van der Waals surface area contributed by atoms with E-state index in [9.17, 15) is 14.4 Å². The number of hydrogen-bond acceptors (Lipinski definition) is 7. The number of ether oxygens (including phenoxy) is 3. The Balaban J connectivity index is 1.37. The average Bonchev–Trinajstić information content (AvgIpc) is 3.50. The second kappa shape index (κ2) is 11.7. The predicted molar refractivity (Wildman–Crippen MR) is 145 cm³/mol. The molecule has 11 heteroatoms. The van der Waals surface area contributed by atoms with Crippen LogP contribution in [0.2, 0.25) is 0 Å². The van der Waals surface area contributed by atoms with Crippen LogP contribution >= 0.6 is 0 Å². The SMILES string of the molecule is COc1ccc2cc1OCC(=O)NCc1ccc(cc1)O[C@H]1CN(C(=O)CCn3nc(C)cc3C)C[C@@H]1NC2=O. The zero-order chi connectivity index (χ0) is 28.2. The number of rotatable bonds is 4. The molecule has 3 aromatic rings. The van der Waals surface area contributed by atoms with Gasteiger partial charge in [0, 0.05) is 37.3 Å². The van der Waals surface area contributed by atoms with E-state index in [0.717, 1.165) is 17.0 Å². The molecule has 11 nitrogen and oxygen atoms in total. The maximum absolute atomic E-state index is 13.3. The molecule has 1 saturated heterocycles. The van der Waals surface area contributed by atoms with Crippen LogP contribution in [0.15, 0.2) is 48.5 Å². The van der Waals surface area contributed by atoms with Gasteiger partial charge in [-0.05, 0) is 55.8 Å². The van der Waals surface area contributed by atoms with Gasteiger partial charge in [-0.15, -0.1) is 0 Å². The number of amides is 3. The second-order valence-electron chi connectivity index (χ2n) is 10.0. The van der Waals surface area contributed by atoms with E-state index in [1.807, 2.05) is 48.9 Å². The number of aromatic nitrogens is 2. The van der Waals surface area contributed by atoms with Gasteiger partial charge in [0.15, 0.2) is 18.1 Å². The van der Waals surface area contributed by atoms with Gasteiger partial charge in [-0.1, -0.05) is 12.1 Å². The van der Waals surface area contributed by atoms with Gasteiger partial charge in [0.1, 0.15) is 11.9 Å². The third kappa shape index (κ3) is 6.19. The molecule has 0 aliphatic carbocycles. The van der Waals surface area contributed by atoms with E-state index in [0.29, 0.717) is 43.2 Å². The van der Waals surface area contributed by atoms with Crippen LogP contribution in [0.25, 0.3) is 0 Å². The van der Waals surface area contributed by atoms with Gasteiger partial charge in [0.25, 0.3) is 11.8 Å². The first-order valence-corrected chi connectivity index (χ1v) is 13.2. The summed E-state index contributed by atoms with van der Waals surface area (Å²) in [4.78, 5) is 40.6. The minimum atomic E-state index is -0.461. The first kappa shape index (κ1) is 27.0. The number of nitrogens with zero attached hydrogens (tertiary/aromatic N) is 3. The first-order chi connectivity index (χ1) is 19.3. The van der Waals surface area contributed by atoms with Crippen molar-refractivity contribution in [2.45, 2.75) is 45.5 Å². The molecule has 0 unspecified atom stereocenters. The quantitative estimate of drug-likeness (QED) is 0.512. The summed E-state index contributed by atoms with van der Waals surface area (Å²) in [5, 5.41) is 10.3. The lowest BCUT2D eigenvalue weighted by Gasteiger charge is -2.21. The van der Waals surface area contributed by atoms with Crippen molar-refractivity contribution in [1.82, 2.24) is 25.3 Å². The number of likely N-dealkylation sites (tertiary alicyclic amines) is 1. The Labute approximate surface area is 232 Å². The molecule has 2 atom stereocenters. The van der Waals surface area contributed by atoms with Gasteiger partial charge in [0.2, 0.25) is 5.91 Å². The van der Waals surface area contributed by atoms with Crippen LogP contribution in [0, 0.1) is 13.8 Å². The Morgan fingerprint density at radius 1 is 1.10 bits per heavy atom. The van der Waals surface area contributed by atoms with Gasteiger partial charge in [-0.25, -0.2) is 0 Å². The van der Waals surface area contributed by atoms with Gasteiger partial charge in [-0.3, -0.25) is 19.1 Å². The lowest BCUT2D eigenvalue weighted by molar-refractivity contribution is -0.130. The van der Waals surface area contributed by atoms with Crippen molar-refractivity contribution in [3.05, 3.63) is 71.0 Å². The van der Waals surface area contributed by atoms with Crippen molar-refractivity contribution in [1.29, 1.82) is 0 Å². The van der Waals surface area contributed by atoms with Crippen molar-refractivity contribution >= 4 is 17.7 Å². The minimum absolute atomic E-state index is 0.0359. The molecule has 210 valence electrons. The Morgan fingerprint density at radius 2 is 1.90 bits per heavy atom. The van der Waals surface area contributed by atoms with E-state index in [4.69, 9.17) is 14.2 Å². The van der Waals surface area contributed by atoms with E-state index < -0.39 is 12.1 Å². The molecule has 0 saturated carbocycles. The van der Waals surface area contributed by atoms with Crippen LogP contribution in [0.4, 0.5) is 0 Å². The number of carbonyl (C=O) groups excluding carboxylic acids is 3. The number of carbonyl (C=O) groups is 3. The Bertz CT molecular complexity index is 1400. The molecule has 4 bridgehead atoms. The standard InChI is InChI=1S/C29H33N5O6/c1-18-12-19(2)34(32-18)11-10-28(36)33-15-23-26(16-33)40-22-7-4-20(5-8-22)14-30-27(35)17-39-25-13-21(29(37)31-23)6-9-24(25)38-3/h4-9,12-13,23,26H,10-11,14-17H2,1-3H3,(H,30,35)(H,31,37)/t23-,26-/m0/s1. The topological polar surface area (TPSA) is 124 Å². The highest BCUT2D eigenvalue weighted by molar-refractivity contribution is 5.95. The third-order valence-corrected chi connectivity index (χ3v) is 7.06. The molecule has 4 heterocycles. The van der Waals surface area contributed by atoms with Gasteiger partial charge < -0.3 is 29.7 Å². The first-order valence-electron chi connectivity index (χ1n) is 13.2. The van der Waals surface area contributed by atoms with E-state index in [2.05, 4.69) is 15.7 Å². The summed E-state index contributed by atoms with van der Waals surface area (Å²) in [6.07, 6.45) is -0.175.